The normalized spacial score (nSPS) is 13.0. The third kappa shape index (κ3) is 4.74. The smallest absolute Gasteiger partial charge is 0.227 e. The molecule has 0 unspecified atom stereocenters. The third-order valence-electron chi connectivity index (χ3n) is 5.17. The number of benzene rings is 3. The molecule has 0 spiro atoms. The molecule has 1 aliphatic heterocycles. The highest BCUT2D eigenvalue weighted by Crippen LogP contribution is 2.34. The van der Waals surface area contributed by atoms with Crippen molar-refractivity contribution in [3.63, 3.8) is 0 Å². The fourth-order valence-corrected chi connectivity index (χ4v) is 4.66. The van der Waals surface area contributed by atoms with Gasteiger partial charge in [0.2, 0.25) is 11.8 Å². The summed E-state index contributed by atoms with van der Waals surface area (Å²) in [5.41, 5.74) is 2.99. The van der Waals surface area contributed by atoms with Crippen LogP contribution in [0.1, 0.15) is 30.0 Å². The second-order valence-electron chi connectivity index (χ2n) is 7.18. The number of amides is 2. The van der Waals surface area contributed by atoms with Gasteiger partial charge in [-0.05, 0) is 23.3 Å². The van der Waals surface area contributed by atoms with Crippen LogP contribution in [0.2, 0.25) is 0 Å². The number of anilines is 1. The minimum absolute atomic E-state index is 0.00567. The third-order valence-corrected chi connectivity index (χ3v) is 6.21. The molecule has 1 N–H and O–H groups in total. The second kappa shape index (κ2) is 9.63. The van der Waals surface area contributed by atoms with E-state index in [0.29, 0.717) is 6.54 Å². The van der Waals surface area contributed by atoms with E-state index in [1.165, 1.54) is 0 Å². The van der Waals surface area contributed by atoms with Crippen LogP contribution in [0.15, 0.2) is 89.8 Å². The summed E-state index contributed by atoms with van der Waals surface area (Å²) in [5, 5.41) is 3.11. The van der Waals surface area contributed by atoms with E-state index in [1.54, 1.807) is 11.8 Å². The van der Waals surface area contributed by atoms with Crippen LogP contribution >= 0.6 is 11.8 Å². The molecule has 0 aliphatic carbocycles. The van der Waals surface area contributed by atoms with E-state index in [-0.39, 0.29) is 30.7 Å². The summed E-state index contributed by atoms with van der Waals surface area (Å²) in [6.45, 7) is 0.679. The summed E-state index contributed by atoms with van der Waals surface area (Å²) in [4.78, 5) is 28.5. The van der Waals surface area contributed by atoms with Crippen LogP contribution < -0.4 is 10.2 Å². The van der Waals surface area contributed by atoms with Crippen LogP contribution in [-0.2, 0) is 9.59 Å². The van der Waals surface area contributed by atoms with Crippen molar-refractivity contribution in [3.05, 3.63) is 96.1 Å². The van der Waals surface area contributed by atoms with Gasteiger partial charge < -0.3 is 10.2 Å². The first-order chi connectivity index (χ1) is 14.7. The standard InChI is InChI=1S/C25H24N2O2S/c28-23(15-16-24(29)27-17-18-30-22-14-8-7-13-21(22)27)26-25(19-9-3-1-4-10-19)20-11-5-2-6-12-20/h1-14,25H,15-18H2,(H,26,28). The van der Waals surface area contributed by atoms with E-state index in [9.17, 15) is 9.59 Å². The maximum absolute atomic E-state index is 12.8. The molecule has 30 heavy (non-hydrogen) atoms. The van der Waals surface area contributed by atoms with Crippen molar-refractivity contribution < 1.29 is 9.59 Å². The summed E-state index contributed by atoms with van der Waals surface area (Å²) in [6, 6.07) is 27.5. The van der Waals surface area contributed by atoms with Crippen LogP contribution in [0, 0.1) is 0 Å². The summed E-state index contributed by atoms with van der Waals surface area (Å²) >= 11 is 1.76. The van der Waals surface area contributed by atoms with Crippen molar-refractivity contribution in [2.45, 2.75) is 23.8 Å². The van der Waals surface area contributed by atoms with Gasteiger partial charge in [0.15, 0.2) is 0 Å². The van der Waals surface area contributed by atoms with E-state index in [4.69, 9.17) is 0 Å². The maximum atomic E-state index is 12.8. The molecule has 1 aliphatic rings. The number of thioether (sulfide) groups is 1. The van der Waals surface area contributed by atoms with Crippen LogP contribution in [0.5, 0.6) is 0 Å². The number of hydrogen-bond acceptors (Lipinski definition) is 3. The minimum atomic E-state index is -0.234. The molecule has 0 bridgehead atoms. The molecule has 0 saturated carbocycles. The number of nitrogens with zero attached hydrogens (tertiary/aromatic N) is 1. The van der Waals surface area contributed by atoms with Crippen molar-refractivity contribution in [3.8, 4) is 0 Å². The Kier molecular flexibility index (Phi) is 6.50. The monoisotopic (exact) mass is 416 g/mol. The predicted molar refractivity (Wildman–Crippen MR) is 122 cm³/mol. The Balaban J connectivity index is 1.42. The lowest BCUT2D eigenvalue weighted by Gasteiger charge is -2.29. The SMILES string of the molecule is O=C(CCC(=O)N1CCSc2ccccc21)NC(c1ccccc1)c1ccccc1. The van der Waals surface area contributed by atoms with Gasteiger partial charge in [-0.1, -0.05) is 72.8 Å². The molecule has 4 rings (SSSR count). The molecule has 0 fully saturated rings. The molecular formula is C25H24N2O2S. The quantitative estimate of drug-likeness (QED) is 0.627. The van der Waals surface area contributed by atoms with Crippen LogP contribution in [0.4, 0.5) is 5.69 Å². The number of nitrogens with one attached hydrogen (secondary N) is 1. The lowest BCUT2D eigenvalue weighted by atomic mass is 9.98. The van der Waals surface area contributed by atoms with E-state index < -0.39 is 0 Å². The van der Waals surface area contributed by atoms with Crippen molar-refractivity contribution >= 4 is 29.3 Å². The van der Waals surface area contributed by atoms with E-state index in [2.05, 4.69) is 5.32 Å². The lowest BCUT2D eigenvalue weighted by Crippen LogP contribution is -2.36. The average Bonchev–Trinajstić information content (AvgIpc) is 2.81. The van der Waals surface area contributed by atoms with E-state index in [1.807, 2.05) is 89.8 Å². The van der Waals surface area contributed by atoms with Crippen molar-refractivity contribution in [2.75, 3.05) is 17.2 Å². The number of carbonyl (C=O) groups is 2. The van der Waals surface area contributed by atoms with Crippen molar-refractivity contribution in [2.24, 2.45) is 0 Å². The number of carbonyl (C=O) groups excluding carboxylic acids is 2. The Hall–Kier alpha value is -3.05. The summed E-state index contributed by atoms with van der Waals surface area (Å²) in [7, 11) is 0. The molecule has 1 heterocycles. The Morgan fingerprint density at radius 3 is 2.10 bits per heavy atom. The average molecular weight is 417 g/mol. The minimum Gasteiger partial charge on any atom is -0.345 e. The van der Waals surface area contributed by atoms with Gasteiger partial charge in [0.05, 0.1) is 11.7 Å². The van der Waals surface area contributed by atoms with E-state index >= 15 is 0 Å². The predicted octanol–water partition coefficient (Wildman–Crippen LogP) is 4.81. The number of rotatable bonds is 6. The molecule has 3 aromatic rings. The molecule has 5 heteroatoms. The van der Waals surface area contributed by atoms with Crippen LogP contribution in [0.25, 0.3) is 0 Å². The zero-order chi connectivity index (χ0) is 20.8. The highest BCUT2D eigenvalue weighted by atomic mass is 32.2. The summed E-state index contributed by atoms with van der Waals surface area (Å²) in [5.74, 6) is 0.744. The molecule has 0 saturated heterocycles. The van der Waals surface area contributed by atoms with Crippen LogP contribution in [-0.4, -0.2) is 24.1 Å². The summed E-state index contributed by atoms with van der Waals surface area (Å²) in [6.07, 6.45) is 0.363. The number of para-hydroxylation sites is 1. The zero-order valence-electron chi connectivity index (χ0n) is 16.7. The van der Waals surface area contributed by atoms with Crippen LogP contribution in [0.3, 0.4) is 0 Å². The topological polar surface area (TPSA) is 49.4 Å². The van der Waals surface area contributed by atoms with Gasteiger partial charge in [-0.3, -0.25) is 9.59 Å². The molecular weight excluding hydrogens is 392 g/mol. The van der Waals surface area contributed by atoms with Crippen molar-refractivity contribution in [1.82, 2.24) is 5.32 Å². The first-order valence-electron chi connectivity index (χ1n) is 10.1. The van der Waals surface area contributed by atoms with Gasteiger partial charge in [0.25, 0.3) is 0 Å². The highest BCUT2D eigenvalue weighted by molar-refractivity contribution is 7.99. The molecule has 0 aromatic heterocycles. The number of fused-ring (bicyclic) bond motifs is 1. The van der Waals surface area contributed by atoms with E-state index in [0.717, 1.165) is 27.5 Å². The fourth-order valence-electron chi connectivity index (χ4n) is 3.67. The molecule has 152 valence electrons. The van der Waals surface area contributed by atoms with Gasteiger partial charge in [-0.25, -0.2) is 0 Å². The fraction of sp³-hybridized carbons (Fsp3) is 0.200. The van der Waals surface area contributed by atoms with Gasteiger partial charge in [-0.15, -0.1) is 11.8 Å². The van der Waals surface area contributed by atoms with Gasteiger partial charge in [0.1, 0.15) is 0 Å². The first kappa shape index (κ1) is 20.2. The number of hydrogen-bond donors (Lipinski definition) is 1. The molecule has 2 amide bonds. The summed E-state index contributed by atoms with van der Waals surface area (Å²) < 4.78 is 0. The maximum Gasteiger partial charge on any atom is 0.227 e. The van der Waals surface area contributed by atoms with Gasteiger partial charge >= 0.3 is 0 Å². The molecule has 0 radical (unpaired) electrons. The Morgan fingerprint density at radius 2 is 1.43 bits per heavy atom. The van der Waals surface area contributed by atoms with Gasteiger partial charge in [-0.2, -0.15) is 0 Å². The van der Waals surface area contributed by atoms with Gasteiger partial charge in [0, 0.05) is 30.0 Å². The second-order valence-corrected chi connectivity index (χ2v) is 8.32. The Bertz CT molecular complexity index is 968. The largest absolute Gasteiger partial charge is 0.345 e. The lowest BCUT2D eigenvalue weighted by molar-refractivity contribution is -0.125. The van der Waals surface area contributed by atoms with Crippen molar-refractivity contribution in [1.29, 1.82) is 0 Å². The molecule has 0 atom stereocenters. The Labute approximate surface area is 181 Å². The highest BCUT2D eigenvalue weighted by Gasteiger charge is 2.23. The molecule has 3 aromatic carbocycles. The zero-order valence-corrected chi connectivity index (χ0v) is 17.5. The Morgan fingerprint density at radius 1 is 0.833 bits per heavy atom. The first-order valence-corrected chi connectivity index (χ1v) is 11.1. The molecule has 4 nitrogen and oxygen atoms in total.